The third kappa shape index (κ3) is 4.41. The van der Waals surface area contributed by atoms with Crippen LogP contribution in [0.25, 0.3) is 32.5 Å². The normalized spacial score (nSPS) is 12.1. The van der Waals surface area contributed by atoms with E-state index in [-0.39, 0.29) is 0 Å². The first-order valence-electron chi connectivity index (χ1n) is 10.6. The Balaban J connectivity index is 1.43. The second-order valence-corrected chi connectivity index (χ2v) is 8.98. The largest absolute Gasteiger partial charge is 0.397 e. The van der Waals surface area contributed by atoms with Crippen LogP contribution in [0.4, 0.5) is 11.5 Å². The number of fused-ring (bicyclic) bond motifs is 1. The monoisotopic (exact) mass is 452 g/mol. The van der Waals surface area contributed by atoms with E-state index in [1.54, 1.807) is 23.7 Å². The maximum atomic E-state index is 6.51. The number of aromatic nitrogens is 3. The van der Waals surface area contributed by atoms with Crippen molar-refractivity contribution in [1.82, 2.24) is 15.0 Å². The van der Waals surface area contributed by atoms with Crippen molar-refractivity contribution in [3.05, 3.63) is 89.3 Å². The van der Waals surface area contributed by atoms with Crippen molar-refractivity contribution >= 4 is 32.9 Å². The summed E-state index contributed by atoms with van der Waals surface area (Å²) in [5.74, 6) is 1.37. The molecule has 5 aromatic rings. The molecule has 5 rings (SSSR count). The fraction of sp³-hybridized carbons (Fsp3) is 0.115. The van der Waals surface area contributed by atoms with Gasteiger partial charge in [-0.1, -0.05) is 24.3 Å². The van der Waals surface area contributed by atoms with Gasteiger partial charge in [-0.3, -0.25) is 4.98 Å². The van der Waals surface area contributed by atoms with Gasteiger partial charge in [0.1, 0.15) is 17.8 Å². The van der Waals surface area contributed by atoms with Gasteiger partial charge in [0.15, 0.2) is 0 Å². The number of anilines is 2. The Morgan fingerprint density at radius 3 is 2.64 bits per heavy atom. The number of nitrogens with zero attached hydrogens (tertiary/aromatic N) is 3. The summed E-state index contributed by atoms with van der Waals surface area (Å²) in [6, 6.07) is 18.3. The van der Waals surface area contributed by atoms with Crippen molar-refractivity contribution in [3.8, 4) is 22.4 Å². The molecule has 0 aliphatic rings. The van der Waals surface area contributed by atoms with Crippen molar-refractivity contribution in [2.24, 2.45) is 5.73 Å². The van der Waals surface area contributed by atoms with Gasteiger partial charge in [-0.05, 0) is 65.6 Å². The van der Waals surface area contributed by atoms with Gasteiger partial charge in [0.05, 0.1) is 11.4 Å². The Hall–Kier alpha value is -3.81. The molecule has 6 nitrogen and oxygen atoms in total. The highest BCUT2D eigenvalue weighted by Crippen LogP contribution is 2.31. The van der Waals surface area contributed by atoms with E-state index in [0.29, 0.717) is 17.3 Å². The van der Waals surface area contributed by atoms with Crippen LogP contribution in [0, 0.1) is 13.8 Å². The number of thiophene rings is 1. The molecule has 5 N–H and O–H groups in total. The minimum Gasteiger partial charge on any atom is -0.397 e. The van der Waals surface area contributed by atoms with Crippen LogP contribution < -0.4 is 16.8 Å². The molecule has 0 fully saturated rings. The van der Waals surface area contributed by atoms with Crippen LogP contribution in [0.5, 0.6) is 0 Å². The highest BCUT2D eigenvalue weighted by molar-refractivity contribution is 7.17. The van der Waals surface area contributed by atoms with E-state index in [1.165, 1.54) is 15.6 Å². The highest BCUT2D eigenvalue weighted by atomic mass is 32.1. The number of aryl methyl sites for hydroxylation is 2. The number of nitrogen functional groups attached to an aromatic ring is 1. The van der Waals surface area contributed by atoms with Crippen LogP contribution in [0.2, 0.25) is 0 Å². The lowest BCUT2D eigenvalue weighted by molar-refractivity contribution is 0.824. The third-order valence-corrected chi connectivity index (χ3v) is 6.62. The molecule has 0 saturated carbocycles. The topological polar surface area (TPSA) is 103 Å². The van der Waals surface area contributed by atoms with Crippen LogP contribution in [0.3, 0.4) is 0 Å². The molecule has 0 bridgehead atoms. The second kappa shape index (κ2) is 8.61. The Labute approximate surface area is 196 Å². The first-order valence-corrected chi connectivity index (χ1v) is 11.5. The van der Waals surface area contributed by atoms with Crippen molar-refractivity contribution in [1.29, 1.82) is 0 Å². The van der Waals surface area contributed by atoms with Gasteiger partial charge in [0.25, 0.3) is 0 Å². The quantitative estimate of drug-likeness (QED) is 0.296. The van der Waals surface area contributed by atoms with E-state index in [9.17, 15) is 0 Å². The van der Waals surface area contributed by atoms with E-state index in [4.69, 9.17) is 11.5 Å². The Morgan fingerprint density at radius 2 is 1.79 bits per heavy atom. The standard InChI is InChI=1S/C26H24N6S/c1-15-14-33-24-7-6-18(10-22(15)24)23-11-25(31-16(2)30-23)32-26(28)19-5-3-4-17(8-19)20-9-21(27)13-29-12-20/h3-14,26H,27-28H2,1-2H3,(H,30,31,32). The number of nitrogens with two attached hydrogens (primary N) is 2. The molecule has 7 heteroatoms. The number of benzene rings is 2. The molecule has 0 spiro atoms. The lowest BCUT2D eigenvalue weighted by Crippen LogP contribution is -2.21. The molecular weight excluding hydrogens is 428 g/mol. The van der Waals surface area contributed by atoms with Crippen molar-refractivity contribution in [2.45, 2.75) is 20.0 Å². The molecule has 164 valence electrons. The smallest absolute Gasteiger partial charge is 0.131 e. The van der Waals surface area contributed by atoms with Crippen molar-refractivity contribution in [2.75, 3.05) is 11.1 Å². The van der Waals surface area contributed by atoms with Gasteiger partial charge < -0.3 is 16.8 Å². The third-order valence-electron chi connectivity index (χ3n) is 5.54. The molecular formula is C26H24N6S. The zero-order valence-corrected chi connectivity index (χ0v) is 19.2. The number of nitrogens with one attached hydrogen (secondary N) is 1. The minimum absolute atomic E-state index is 0.442. The highest BCUT2D eigenvalue weighted by Gasteiger charge is 2.12. The zero-order chi connectivity index (χ0) is 22.9. The van der Waals surface area contributed by atoms with E-state index in [1.807, 2.05) is 43.3 Å². The summed E-state index contributed by atoms with van der Waals surface area (Å²) in [5.41, 5.74) is 19.1. The summed E-state index contributed by atoms with van der Waals surface area (Å²) in [6.07, 6.45) is 2.98. The molecule has 33 heavy (non-hydrogen) atoms. The SMILES string of the molecule is Cc1nc(NC(N)c2cccc(-c3cncc(N)c3)c2)cc(-c2ccc3scc(C)c3c2)n1. The Kier molecular flexibility index (Phi) is 5.50. The molecule has 3 aromatic heterocycles. The zero-order valence-electron chi connectivity index (χ0n) is 18.4. The molecule has 2 aromatic carbocycles. The second-order valence-electron chi connectivity index (χ2n) is 8.07. The minimum atomic E-state index is -0.442. The Bertz CT molecular complexity index is 1460. The molecule has 3 heterocycles. The van der Waals surface area contributed by atoms with Gasteiger partial charge in [-0.15, -0.1) is 11.3 Å². The van der Waals surface area contributed by atoms with Crippen LogP contribution in [-0.4, -0.2) is 15.0 Å². The summed E-state index contributed by atoms with van der Waals surface area (Å²) < 4.78 is 1.28. The lowest BCUT2D eigenvalue weighted by Gasteiger charge is -2.17. The number of hydrogen-bond donors (Lipinski definition) is 3. The molecule has 0 aliphatic heterocycles. The average molecular weight is 453 g/mol. The first kappa shape index (κ1) is 21.1. The van der Waals surface area contributed by atoms with E-state index >= 15 is 0 Å². The number of pyridine rings is 1. The summed E-state index contributed by atoms with van der Waals surface area (Å²) in [7, 11) is 0. The predicted molar refractivity (Wildman–Crippen MR) is 137 cm³/mol. The summed E-state index contributed by atoms with van der Waals surface area (Å²) in [6.45, 7) is 4.02. The van der Waals surface area contributed by atoms with Crippen molar-refractivity contribution in [3.63, 3.8) is 0 Å². The Morgan fingerprint density at radius 1 is 0.909 bits per heavy atom. The number of rotatable bonds is 5. The van der Waals surface area contributed by atoms with Crippen molar-refractivity contribution < 1.29 is 0 Å². The van der Waals surface area contributed by atoms with Crippen LogP contribution in [0.15, 0.2) is 72.4 Å². The van der Waals surface area contributed by atoms with Gasteiger partial charge in [-0.2, -0.15) is 0 Å². The summed E-state index contributed by atoms with van der Waals surface area (Å²) in [5, 5.41) is 6.77. The molecule has 1 unspecified atom stereocenters. The van der Waals surface area contributed by atoms with Crippen LogP contribution in [0.1, 0.15) is 23.1 Å². The summed E-state index contributed by atoms with van der Waals surface area (Å²) in [4.78, 5) is 13.4. The van der Waals surface area contributed by atoms with Crippen LogP contribution in [-0.2, 0) is 0 Å². The fourth-order valence-corrected chi connectivity index (χ4v) is 4.80. The van der Waals surface area contributed by atoms with E-state index in [0.717, 1.165) is 27.9 Å². The molecule has 0 radical (unpaired) electrons. The average Bonchev–Trinajstić information content (AvgIpc) is 3.19. The first-order chi connectivity index (χ1) is 16.0. The van der Waals surface area contributed by atoms with Gasteiger partial charge in [-0.25, -0.2) is 9.97 Å². The van der Waals surface area contributed by atoms with Crippen LogP contribution >= 0.6 is 11.3 Å². The van der Waals surface area contributed by atoms with E-state index in [2.05, 4.69) is 50.8 Å². The fourth-order valence-electron chi connectivity index (χ4n) is 3.88. The molecule has 1 atom stereocenters. The lowest BCUT2D eigenvalue weighted by atomic mass is 10.0. The molecule has 0 aliphatic carbocycles. The molecule has 0 amide bonds. The van der Waals surface area contributed by atoms with E-state index < -0.39 is 6.17 Å². The summed E-state index contributed by atoms with van der Waals surface area (Å²) >= 11 is 1.76. The maximum absolute atomic E-state index is 6.51. The van der Waals surface area contributed by atoms with Gasteiger partial charge in [0, 0.05) is 34.3 Å². The molecule has 0 saturated heterocycles. The maximum Gasteiger partial charge on any atom is 0.131 e. The van der Waals surface area contributed by atoms with Gasteiger partial charge >= 0.3 is 0 Å². The number of hydrogen-bond acceptors (Lipinski definition) is 7. The predicted octanol–water partition coefficient (Wildman–Crippen LogP) is 5.69. The van der Waals surface area contributed by atoms with Gasteiger partial charge in [0.2, 0.25) is 0 Å².